The van der Waals surface area contributed by atoms with E-state index >= 15 is 0 Å². The number of aryl methyl sites for hydroxylation is 2. The first kappa shape index (κ1) is 20.6. The Kier molecular flexibility index (Phi) is 7.08. The SMILES string of the molecule is CC.CCOC(=O)OC(n1nnc(-c2c(C)cnn2C)n1)C(C)(C)C. The molecule has 0 spiro atoms. The molecule has 0 amide bonds. The van der Waals surface area contributed by atoms with Gasteiger partial charge in [0.05, 0.1) is 12.8 Å². The fraction of sp³-hybridized carbons (Fsp3) is 0.688. The largest absolute Gasteiger partial charge is 0.510 e. The second-order valence-corrected chi connectivity index (χ2v) is 6.25. The van der Waals surface area contributed by atoms with Gasteiger partial charge in [-0.15, -0.1) is 15.0 Å². The molecule has 1 unspecified atom stereocenters. The maximum absolute atomic E-state index is 11.7. The first-order valence-electron chi connectivity index (χ1n) is 8.36. The maximum atomic E-state index is 11.7. The molecule has 0 fully saturated rings. The number of tetrazole rings is 1. The summed E-state index contributed by atoms with van der Waals surface area (Å²) in [6.45, 7) is 13.6. The molecule has 0 aromatic carbocycles. The van der Waals surface area contributed by atoms with E-state index in [4.69, 9.17) is 9.47 Å². The minimum absolute atomic E-state index is 0.236. The van der Waals surface area contributed by atoms with Crippen LogP contribution in [0, 0.1) is 12.3 Å². The van der Waals surface area contributed by atoms with Gasteiger partial charge in [0.2, 0.25) is 12.1 Å². The predicted octanol–water partition coefficient (Wildman–Crippen LogP) is 3.13. The van der Waals surface area contributed by atoms with Crippen molar-refractivity contribution in [2.45, 2.75) is 54.7 Å². The van der Waals surface area contributed by atoms with Crippen molar-refractivity contribution < 1.29 is 14.3 Å². The van der Waals surface area contributed by atoms with Crippen molar-refractivity contribution in [3.8, 4) is 11.5 Å². The highest BCUT2D eigenvalue weighted by Gasteiger charge is 2.33. The standard InChI is InChI=1S/C14H22N6O3.C2H6/c1-7-22-13(21)23-12(14(3,4)5)20-17-11(16-18-20)10-9(2)8-15-19(10)6;1-2/h8,12H,7H2,1-6H3;1-2H3. The number of aromatic nitrogens is 6. The second kappa shape index (κ2) is 8.59. The van der Waals surface area contributed by atoms with Gasteiger partial charge in [0, 0.05) is 12.5 Å². The smallest absolute Gasteiger partial charge is 0.435 e. The van der Waals surface area contributed by atoms with E-state index in [0.717, 1.165) is 11.3 Å². The van der Waals surface area contributed by atoms with E-state index in [1.165, 1.54) is 4.80 Å². The molecular formula is C16H28N6O3. The zero-order chi connectivity index (χ0) is 19.2. The topological polar surface area (TPSA) is 97.0 Å². The molecule has 2 rings (SSSR count). The van der Waals surface area contributed by atoms with Gasteiger partial charge in [-0.05, 0) is 24.6 Å². The van der Waals surface area contributed by atoms with Crippen LogP contribution < -0.4 is 0 Å². The summed E-state index contributed by atoms with van der Waals surface area (Å²) in [7, 11) is 1.80. The van der Waals surface area contributed by atoms with Gasteiger partial charge >= 0.3 is 6.16 Å². The lowest BCUT2D eigenvalue weighted by Gasteiger charge is -2.27. The van der Waals surface area contributed by atoms with Crippen LogP contribution in [0.2, 0.25) is 0 Å². The van der Waals surface area contributed by atoms with Crippen LogP contribution in [0.3, 0.4) is 0 Å². The molecule has 2 aromatic heterocycles. The average Bonchev–Trinajstić information content (AvgIpc) is 3.13. The third-order valence-electron chi connectivity index (χ3n) is 3.18. The van der Waals surface area contributed by atoms with Gasteiger partial charge in [0.15, 0.2) is 0 Å². The van der Waals surface area contributed by atoms with Crippen molar-refractivity contribution in [2.75, 3.05) is 6.61 Å². The minimum Gasteiger partial charge on any atom is -0.435 e. The molecule has 0 aliphatic rings. The van der Waals surface area contributed by atoms with E-state index in [0.29, 0.717) is 5.82 Å². The molecule has 1 atom stereocenters. The van der Waals surface area contributed by atoms with Crippen LogP contribution in [0.25, 0.3) is 11.5 Å². The summed E-state index contributed by atoms with van der Waals surface area (Å²) < 4.78 is 11.9. The van der Waals surface area contributed by atoms with Crippen molar-refractivity contribution in [1.29, 1.82) is 0 Å². The summed E-state index contributed by atoms with van der Waals surface area (Å²) in [4.78, 5) is 13.0. The highest BCUT2D eigenvalue weighted by molar-refractivity contribution is 5.60. The van der Waals surface area contributed by atoms with Gasteiger partial charge in [-0.25, -0.2) is 4.79 Å². The summed E-state index contributed by atoms with van der Waals surface area (Å²) in [6.07, 6.45) is 0.228. The Morgan fingerprint density at radius 1 is 1.32 bits per heavy atom. The molecular weight excluding hydrogens is 324 g/mol. The first-order chi connectivity index (χ1) is 11.7. The van der Waals surface area contributed by atoms with Crippen LogP contribution in [0.4, 0.5) is 4.79 Å². The highest BCUT2D eigenvalue weighted by Crippen LogP contribution is 2.31. The summed E-state index contributed by atoms with van der Waals surface area (Å²) in [6, 6.07) is 0. The molecule has 140 valence electrons. The van der Waals surface area contributed by atoms with Gasteiger partial charge in [0.25, 0.3) is 0 Å². The summed E-state index contributed by atoms with van der Waals surface area (Å²) in [5.41, 5.74) is 1.26. The zero-order valence-electron chi connectivity index (χ0n) is 16.3. The van der Waals surface area contributed by atoms with Crippen molar-refractivity contribution in [1.82, 2.24) is 30.0 Å². The van der Waals surface area contributed by atoms with Crippen LogP contribution in [-0.2, 0) is 16.5 Å². The van der Waals surface area contributed by atoms with Gasteiger partial charge in [-0.2, -0.15) is 5.10 Å². The number of carbonyl (C=O) groups excluding carboxylic acids is 1. The van der Waals surface area contributed by atoms with Gasteiger partial charge in [0.1, 0.15) is 5.69 Å². The van der Waals surface area contributed by atoms with Crippen LogP contribution in [-0.4, -0.2) is 42.7 Å². The lowest BCUT2D eigenvalue weighted by Crippen LogP contribution is -2.31. The van der Waals surface area contributed by atoms with Gasteiger partial charge in [-0.3, -0.25) is 4.68 Å². The Bertz CT molecular complexity index is 667. The van der Waals surface area contributed by atoms with E-state index in [1.54, 1.807) is 24.9 Å². The summed E-state index contributed by atoms with van der Waals surface area (Å²) in [5.74, 6) is 0.421. The molecule has 25 heavy (non-hydrogen) atoms. The van der Waals surface area contributed by atoms with Crippen LogP contribution >= 0.6 is 0 Å². The molecule has 0 radical (unpaired) electrons. The van der Waals surface area contributed by atoms with Crippen LogP contribution in [0.1, 0.15) is 53.3 Å². The lowest BCUT2D eigenvalue weighted by molar-refractivity contribution is -0.0681. The number of nitrogens with zero attached hydrogens (tertiary/aromatic N) is 6. The molecule has 0 N–H and O–H groups in total. The van der Waals surface area contributed by atoms with Crippen molar-refractivity contribution in [2.24, 2.45) is 12.5 Å². The van der Waals surface area contributed by atoms with Crippen LogP contribution in [0.5, 0.6) is 0 Å². The van der Waals surface area contributed by atoms with E-state index in [2.05, 4.69) is 20.5 Å². The fourth-order valence-corrected chi connectivity index (χ4v) is 2.10. The molecule has 0 aliphatic heterocycles. The molecule has 0 bridgehead atoms. The number of rotatable bonds is 4. The molecule has 2 heterocycles. The Morgan fingerprint density at radius 2 is 1.96 bits per heavy atom. The monoisotopic (exact) mass is 352 g/mol. The van der Waals surface area contributed by atoms with E-state index in [1.807, 2.05) is 41.5 Å². The number of carbonyl (C=O) groups is 1. The summed E-state index contributed by atoms with van der Waals surface area (Å²) in [5, 5.41) is 16.6. The van der Waals surface area contributed by atoms with Crippen molar-refractivity contribution >= 4 is 6.16 Å². The molecule has 9 nitrogen and oxygen atoms in total. The molecule has 0 aliphatic carbocycles. The zero-order valence-corrected chi connectivity index (χ0v) is 16.3. The molecule has 0 saturated heterocycles. The third-order valence-corrected chi connectivity index (χ3v) is 3.18. The Balaban J connectivity index is 0.00000151. The Hall–Kier alpha value is -2.45. The van der Waals surface area contributed by atoms with E-state index in [-0.39, 0.29) is 6.61 Å². The normalized spacial score (nSPS) is 12.2. The van der Waals surface area contributed by atoms with E-state index in [9.17, 15) is 4.79 Å². The Labute approximate surface area is 148 Å². The number of hydrogen-bond donors (Lipinski definition) is 0. The molecule has 0 saturated carbocycles. The third kappa shape index (κ3) is 5.01. The lowest BCUT2D eigenvalue weighted by atomic mass is 9.94. The van der Waals surface area contributed by atoms with Gasteiger partial charge < -0.3 is 9.47 Å². The molecule has 9 heteroatoms. The number of ether oxygens (including phenoxy) is 2. The van der Waals surface area contributed by atoms with Crippen LogP contribution in [0.15, 0.2) is 6.20 Å². The highest BCUT2D eigenvalue weighted by atomic mass is 16.7. The summed E-state index contributed by atoms with van der Waals surface area (Å²) >= 11 is 0. The fourth-order valence-electron chi connectivity index (χ4n) is 2.10. The Morgan fingerprint density at radius 3 is 2.44 bits per heavy atom. The van der Waals surface area contributed by atoms with E-state index < -0.39 is 17.8 Å². The van der Waals surface area contributed by atoms with Crippen molar-refractivity contribution in [3.05, 3.63) is 11.8 Å². The minimum atomic E-state index is -0.761. The maximum Gasteiger partial charge on any atom is 0.510 e. The molecule has 2 aromatic rings. The second-order valence-electron chi connectivity index (χ2n) is 6.25. The average molecular weight is 352 g/mol. The first-order valence-corrected chi connectivity index (χ1v) is 8.36. The van der Waals surface area contributed by atoms with Gasteiger partial charge in [-0.1, -0.05) is 34.6 Å². The van der Waals surface area contributed by atoms with Crippen molar-refractivity contribution in [3.63, 3.8) is 0 Å². The predicted molar refractivity (Wildman–Crippen MR) is 92.7 cm³/mol. The number of hydrogen-bond acceptors (Lipinski definition) is 7. The quantitative estimate of drug-likeness (QED) is 0.780.